The number of amides is 1. The summed E-state index contributed by atoms with van der Waals surface area (Å²) in [5.74, 6) is 0.632. The molecule has 0 radical (unpaired) electrons. The van der Waals surface area contributed by atoms with Crippen LogP contribution in [-0.4, -0.2) is 58.0 Å². The molecule has 1 aromatic heterocycles. The molecule has 1 aliphatic rings. The second kappa shape index (κ2) is 10.2. The summed E-state index contributed by atoms with van der Waals surface area (Å²) in [6, 6.07) is 20.2. The number of hydrogen-bond acceptors (Lipinski definition) is 3. The van der Waals surface area contributed by atoms with E-state index in [4.69, 9.17) is 4.98 Å². The molecule has 0 bridgehead atoms. The van der Waals surface area contributed by atoms with Gasteiger partial charge in [-0.25, -0.2) is 9.37 Å². The maximum absolute atomic E-state index is 14.2. The number of imidazole rings is 1. The number of carbonyl (C=O) groups excluding carboxylic acids is 1. The van der Waals surface area contributed by atoms with E-state index in [-0.39, 0.29) is 11.7 Å². The van der Waals surface area contributed by atoms with E-state index in [1.165, 1.54) is 17.7 Å². The van der Waals surface area contributed by atoms with E-state index in [2.05, 4.69) is 42.4 Å². The van der Waals surface area contributed by atoms with Crippen LogP contribution in [0.3, 0.4) is 0 Å². The van der Waals surface area contributed by atoms with E-state index in [0.29, 0.717) is 19.5 Å². The Morgan fingerprint density at radius 1 is 0.944 bits per heavy atom. The van der Waals surface area contributed by atoms with Crippen LogP contribution in [0.4, 0.5) is 4.39 Å². The minimum atomic E-state index is -0.526. The Morgan fingerprint density at radius 3 is 2.28 bits per heavy atom. The van der Waals surface area contributed by atoms with Gasteiger partial charge in [0.1, 0.15) is 17.7 Å². The van der Waals surface area contributed by atoms with Crippen molar-refractivity contribution in [2.24, 2.45) is 0 Å². The Kier molecular flexibility index (Phi) is 6.88. The molecule has 186 valence electrons. The van der Waals surface area contributed by atoms with Gasteiger partial charge in [-0.15, -0.1) is 0 Å². The summed E-state index contributed by atoms with van der Waals surface area (Å²) >= 11 is 0. The predicted molar refractivity (Wildman–Crippen MR) is 142 cm³/mol. The first-order valence-corrected chi connectivity index (χ1v) is 12.7. The van der Waals surface area contributed by atoms with E-state index in [0.717, 1.165) is 53.2 Å². The molecule has 1 atom stereocenters. The van der Waals surface area contributed by atoms with Gasteiger partial charge in [0.05, 0.1) is 11.0 Å². The maximum atomic E-state index is 14.2. The molecule has 36 heavy (non-hydrogen) atoms. The van der Waals surface area contributed by atoms with E-state index >= 15 is 0 Å². The van der Waals surface area contributed by atoms with Gasteiger partial charge in [-0.2, -0.15) is 0 Å². The molecule has 0 spiro atoms. The third-order valence-electron chi connectivity index (χ3n) is 7.39. The fourth-order valence-corrected chi connectivity index (χ4v) is 5.09. The van der Waals surface area contributed by atoms with E-state index < -0.39 is 6.04 Å². The topological polar surface area (TPSA) is 41.4 Å². The van der Waals surface area contributed by atoms with Crippen molar-refractivity contribution in [3.8, 4) is 0 Å². The van der Waals surface area contributed by atoms with Crippen LogP contribution < -0.4 is 0 Å². The Bertz CT molecular complexity index is 1360. The molecule has 5 nitrogen and oxygen atoms in total. The third-order valence-corrected chi connectivity index (χ3v) is 7.39. The first kappa shape index (κ1) is 24.2. The van der Waals surface area contributed by atoms with E-state index in [1.54, 1.807) is 12.1 Å². The molecule has 1 fully saturated rings. The van der Waals surface area contributed by atoms with Crippen molar-refractivity contribution >= 4 is 16.9 Å². The Balaban J connectivity index is 1.65. The number of piperazine rings is 1. The molecule has 5 rings (SSSR count). The first-order chi connectivity index (χ1) is 17.4. The average Bonchev–Trinajstić information content (AvgIpc) is 3.22. The Hall–Kier alpha value is -3.51. The van der Waals surface area contributed by atoms with Crippen molar-refractivity contribution in [1.29, 1.82) is 0 Å². The summed E-state index contributed by atoms with van der Waals surface area (Å²) in [6.07, 6.45) is 0.507. The van der Waals surface area contributed by atoms with Crippen molar-refractivity contribution in [3.63, 3.8) is 0 Å². The SMILES string of the molecule is CCN1CCN(C(=O)[C@@H](c2ccccc2)n2c(Cc3ccc(F)cc3)nc3cc(C)c(C)cc32)CC1. The van der Waals surface area contributed by atoms with Crippen LogP contribution in [0, 0.1) is 19.7 Å². The average molecular weight is 485 g/mol. The van der Waals surface area contributed by atoms with Gasteiger partial charge in [0.2, 0.25) is 5.91 Å². The van der Waals surface area contributed by atoms with Crippen molar-refractivity contribution in [3.05, 3.63) is 101 Å². The fraction of sp³-hybridized carbons (Fsp3) is 0.333. The molecule has 3 aromatic carbocycles. The molecule has 1 saturated heterocycles. The van der Waals surface area contributed by atoms with Gasteiger partial charge in [-0.1, -0.05) is 49.4 Å². The molecule has 0 saturated carbocycles. The lowest BCUT2D eigenvalue weighted by molar-refractivity contribution is -0.135. The maximum Gasteiger partial charge on any atom is 0.250 e. The Labute approximate surface area is 212 Å². The third kappa shape index (κ3) is 4.78. The van der Waals surface area contributed by atoms with Crippen LogP contribution in [0.15, 0.2) is 66.7 Å². The summed E-state index contributed by atoms with van der Waals surface area (Å²) in [5, 5.41) is 0. The second-order valence-corrected chi connectivity index (χ2v) is 9.70. The molecular weight excluding hydrogens is 451 g/mol. The predicted octanol–water partition coefficient (Wildman–Crippen LogP) is 5.14. The number of likely N-dealkylation sites (N-methyl/N-ethyl adjacent to an activating group) is 1. The van der Waals surface area contributed by atoms with Crippen LogP contribution in [-0.2, 0) is 11.2 Å². The van der Waals surface area contributed by atoms with Crippen molar-refractivity contribution in [1.82, 2.24) is 19.4 Å². The van der Waals surface area contributed by atoms with Crippen molar-refractivity contribution in [2.45, 2.75) is 33.2 Å². The Morgan fingerprint density at radius 2 is 1.61 bits per heavy atom. The van der Waals surface area contributed by atoms with Gasteiger partial charge in [-0.3, -0.25) is 4.79 Å². The lowest BCUT2D eigenvalue weighted by atomic mass is 10.0. The van der Waals surface area contributed by atoms with Crippen LogP contribution >= 0.6 is 0 Å². The summed E-state index contributed by atoms with van der Waals surface area (Å²) in [4.78, 5) is 23.6. The minimum Gasteiger partial charge on any atom is -0.338 e. The van der Waals surface area contributed by atoms with Gasteiger partial charge in [0.25, 0.3) is 0 Å². The summed E-state index contributed by atoms with van der Waals surface area (Å²) < 4.78 is 15.7. The number of aromatic nitrogens is 2. The zero-order valence-electron chi connectivity index (χ0n) is 21.2. The van der Waals surface area contributed by atoms with Crippen molar-refractivity contribution < 1.29 is 9.18 Å². The number of fused-ring (bicyclic) bond motifs is 1. The molecule has 1 aliphatic heterocycles. The number of rotatable bonds is 6. The van der Waals surface area contributed by atoms with Gasteiger partial charge in [-0.05, 0) is 66.9 Å². The molecule has 6 heteroatoms. The zero-order valence-corrected chi connectivity index (χ0v) is 21.2. The monoisotopic (exact) mass is 484 g/mol. The van der Waals surface area contributed by atoms with Gasteiger partial charge in [0, 0.05) is 32.6 Å². The standard InChI is InChI=1S/C30H33FN4O/c1-4-33-14-16-34(17-15-33)30(36)29(24-8-6-5-7-9-24)35-27-19-22(3)21(2)18-26(27)32-28(35)20-23-10-12-25(31)13-11-23/h5-13,18-19,29H,4,14-17,20H2,1-3H3/t29-/m1/s1. The lowest BCUT2D eigenvalue weighted by Crippen LogP contribution is -2.50. The van der Waals surface area contributed by atoms with Crippen LogP contribution in [0.1, 0.15) is 41.0 Å². The molecule has 2 heterocycles. The largest absolute Gasteiger partial charge is 0.338 e. The quantitative estimate of drug-likeness (QED) is 0.381. The highest BCUT2D eigenvalue weighted by Crippen LogP contribution is 2.31. The number of aryl methyl sites for hydroxylation is 2. The zero-order chi connectivity index (χ0) is 25.2. The molecular formula is C30H33FN4O. The van der Waals surface area contributed by atoms with E-state index in [1.807, 2.05) is 35.2 Å². The highest BCUT2D eigenvalue weighted by atomic mass is 19.1. The normalized spacial score (nSPS) is 15.4. The smallest absolute Gasteiger partial charge is 0.250 e. The van der Waals surface area contributed by atoms with Crippen LogP contribution in [0.25, 0.3) is 11.0 Å². The van der Waals surface area contributed by atoms with E-state index in [9.17, 15) is 9.18 Å². The highest BCUT2D eigenvalue weighted by Gasteiger charge is 2.32. The van der Waals surface area contributed by atoms with Gasteiger partial charge >= 0.3 is 0 Å². The number of carbonyl (C=O) groups is 1. The molecule has 1 amide bonds. The molecule has 0 N–H and O–H groups in total. The summed E-state index contributed by atoms with van der Waals surface area (Å²) in [7, 11) is 0. The first-order valence-electron chi connectivity index (χ1n) is 12.7. The number of hydrogen-bond donors (Lipinski definition) is 0. The van der Waals surface area contributed by atoms with Crippen LogP contribution in [0.2, 0.25) is 0 Å². The van der Waals surface area contributed by atoms with Crippen LogP contribution in [0.5, 0.6) is 0 Å². The van der Waals surface area contributed by atoms with Gasteiger partial charge in [0.15, 0.2) is 0 Å². The summed E-state index contributed by atoms with van der Waals surface area (Å²) in [6.45, 7) is 10.5. The number of halogens is 1. The lowest BCUT2D eigenvalue weighted by Gasteiger charge is -2.36. The second-order valence-electron chi connectivity index (χ2n) is 9.70. The molecule has 0 unspecified atom stereocenters. The highest BCUT2D eigenvalue weighted by molar-refractivity contribution is 5.87. The summed E-state index contributed by atoms with van der Waals surface area (Å²) in [5.41, 5.74) is 6.05. The number of nitrogens with zero attached hydrogens (tertiary/aromatic N) is 4. The minimum absolute atomic E-state index is 0.0924. The molecule has 4 aromatic rings. The fourth-order valence-electron chi connectivity index (χ4n) is 5.09. The van der Waals surface area contributed by atoms with Gasteiger partial charge < -0.3 is 14.4 Å². The molecule has 0 aliphatic carbocycles. The van der Waals surface area contributed by atoms with Crippen molar-refractivity contribution in [2.75, 3.05) is 32.7 Å². The number of benzene rings is 3.